The predicted octanol–water partition coefficient (Wildman–Crippen LogP) is 28.4. The zero-order chi connectivity index (χ0) is 97.5. The summed E-state index contributed by atoms with van der Waals surface area (Å²) < 4.78 is 4.52. The molecule has 25 rings (SSSR count). The topological polar surface area (TPSA) is 275 Å². The minimum atomic E-state index is 0.286. The van der Waals surface area contributed by atoms with Crippen LogP contribution in [0.5, 0.6) is 0 Å². The van der Waals surface area contributed by atoms with Crippen LogP contribution in [0, 0.1) is 34.0 Å². The molecular formula is C126H74N20. The van der Waals surface area contributed by atoms with Crippen LogP contribution in [-0.2, 0) is 0 Å². The molecule has 25 aromatic rings. The fourth-order valence-corrected chi connectivity index (χ4v) is 18.9. The lowest BCUT2D eigenvalue weighted by Gasteiger charge is -2.18. The van der Waals surface area contributed by atoms with Crippen LogP contribution < -0.4 is 0 Å². The Kier molecular flexibility index (Phi) is 22.2. The van der Waals surface area contributed by atoms with Gasteiger partial charge in [0.1, 0.15) is 0 Å². The molecule has 0 saturated carbocycles. The summed E-state index contributed by atoms with van der Waals surface area (Å²) in [4.78, 5) is 80.6. The number of hydrogen-bond acceptors (Lipinski definition) is 18. The summed E-state index contributed by atoms with van der Waals surface area (Å²) in [6.45, 7) is 0. The Hall–Kier alpha value is -20.9. The molecule has 146 heavy (non-hydrogen) atoms. The molecule has 0 bridgehead atoms. The minimum absolute atomic E-state index is 0.286. The molecule has 0 spiro atoms. The number of fused-ring (bicyclic) bond motifs is 6. The summed E-state index contributed by atoms with van der Waals surface area (Å²) in [5, 5.41) is 35.1. The Bertz CT molecular complexity index is 8490. The molecule has 678 valence electrons. The normalized spacial score (nSPS) is 11.3. The number of aromatic nitrogens is 17. The Morgan fingerprint density at radius 2 is 0.308 bits per heavy atom. The molecular weight excluding hydrogens is 1790 g/mol. The average Bonchev–Trinajstić information content (AvgIpc) is 1.58. The summed E-state index contributed by atoms with van der Waals surface area (Å²) in [6.07, 6.45) is 0. The van der Waals surface area contributed by atoms with Crippen molar-refractivity contribution >= 4 is 43.6 Å². The maximum Gasteiger partial charge on any atom is 0.166 e. The van der Waals surface area contributed by atoms with E-state index in [1.165, 1.54) is 0 Å². The lowest BCUT2D eigenvalue weighted by atomic mass is 9.99. The quantitative estimate of drug-likeness (QED) is 0.0685. The van der Waals surface area contributed by atoms with Crippen LogP contribution >= 0.6 is 0 Å². The zero-order valence-electron chi connectivity index (χ0n) is 77.7. The Morgan fingerprint density at radius 1 is 0.137 bits per heavy atom. The largest absolute Gasteiger partial charge is 0.308 e. The van der Waals surface area contributed by atoms with Gasteiger partial charge in [0.15, 0.2) is 87.4 Å². The fraction of sp³-hybridized carbons (Fsp3) is 0. The van der Waals surface area contributed by atoms with Gasteiger partial charge < -0.3 is 9.13 Å². The fourth-order valence-electron chi connectivity index (χ4n) is 18.9. The Morgan fingerprint density at radius 3 is 0.541 bits per heavy atom. The van der Waals surface area contributed by atoms with E-state index >= 15 is 0 Å². The molecule has 0 aliphatic rings. The average molecular weight is 1870 g/mol. The number of nitriles is 3. The van der Waals surface area contributed by atoms with Crippen molar-refractivity contribution in [1.82, 2.24) is 83.9 Å². The van der Waals surface area contributed by atoms with Crippen LogP contribution in [0.25, 0.3) is 259 Å². The number of hydrogen-bond donors (Lipinski definition) is 0. The molecule has 7 aromatic heterocycles. The number of rotatable bonds is 20. The third-order valence-electron chi connectivity index (χ3n) is 26.1. The highest BCUT2D eigenvalue weighted by atomic mass is 15.1. The molecule has 0 atom stereocenters. The van der Waals surface area contributed by atoms with Crippen molar-refractivity contribution in [1.29, 1.82) is 15.8 Å². The molecule has 18 aromatic carbocycles. The Balaban J connectivity index is 0.761. The molecule has 0 unspecified atom stereocenters. The molecule has 0 radical (unpaired) electrons. The monoisotopic (exact) mass is 1870 g/mol. The second-order valence-corrected chi connectivity index (χ2v) is 35.2. The lowest BCUT2D eigenvalue weighted by Crippen LogP contribution is -2.06. The van der Waals surface area contributed by atoms with E-state index in [1.54, 1.807) is 18.2 Å². The number of nitrogens with zero attached hydrogens (tertiary/aromatic N) is 20. The van der Waals surface area contributed by atoms with Gasteiger partial charge in [0.2, 0.25) is 0 Å². The van der Waals surface area contributed by atoms with Crippen molar-refractivity contribution in [3.8, 4) is 234 Å². The van der Waals surface area contributed by atoms with E-state index in [4.69, 9.17) is 74.8 Å². The molecule has 0 saturated heterocycles. The molecule has 7 heterocycles. The van der Waals surface area contributed by atoms with Crippen LogP contribution in [0.4, 0.5) is 0 Å². The van der Waals surface area contributed by atoms with Gasteiger partial charge in [0.05, 0.1) is 68.3 Å². The first-order chi connectivity index (χ1) is 72.1. The Labute approximate surface area is 837 Å². The molecule has 0 aliphatic heterocycles. The van der Waals surface area contributed by atoms with E-state index < -0.39 is 0 Å². The summed E-state index contributed by atoms with van der Waals surface area (Å²) in [5.74, 6) is 6.71. The van der Waals surface area contributed by atoms with Crippen LogP contribution in [0.15, 0.2) is 449 Å². The van der Waals surface area contributed by atoms with E-state index in [2.05, 4.69) is 143 Å². The van der Waals surface area contributed by atoms with E-state index in [9.17, 15) is 15.8 Å². The third-order valence-corrected chi connectivity index (χ3v) is 26.1. The summed E-state index contributed by atoms with van der Waals surface area (Å²) >= 11 is 0. The molecule has 20 nitrogen and oxygen atoms in total. The first-order valence-corrected chi connectivity index (χ1v) is 47.5. The third kappa shape index (κ3) is 16.7. The smallest absolute Gasteiger partial charge is 0.166 e. The predicted molar refractivity (Wildman–Crippen MR) is 574 cm³/mol. The van der Waals surface area contributed by atoms with Crippen molar-refractivity contribution in [3.63, 3.8) is 0 Å². The molecule has 0 aliphatic carbocycles. The summed E-state index contributed by atoms with van der Waals surface area (Å²) in [6, 6.07) is 155. The van der Waals surface area contributed by atoms with Crippen molar-refractivity contribution in [2.45, 2.75) is 0 Å². The standard InChI is InChI=1S/C126H74N20/c127-75-78-29-25-48-89(65-78)92-51-28-52-95(68-92)120-142-125(100-59-53-93(90-49-26-30-79(66-90)76-128)73-110(100)145-106-61-55-96(121-134-112(81-32-9-1-10-33-81)130-113(135-121)82-34-11-2-12-35-82)69-102(106)103-70-97(56-62-107(103)145)122-136-114(83-36-13-3-14-37-83)131-115(137-122)84-38-15-4-16-39-84)144-126(143-120)101-60-54-94(91-50-27-31-80(67-91)77-129)74-111(101)146-108-63-57-98(123-138-116(85-40-17-5-18-41-85)132-117(139-123)86-42-19-6-20-43-86)71-104(108)105-72-99(58-64-109(105)146)124-140-118(87-44-21-7-22-45-87)133-119(141-124)88-46-23-8-24-47-88/h1-74H. The van der Waals surface area contributed by atoms with Gasteiger partial charge in [-0.25, -0.2) is 74.8 Å². The van der Waals surface area contributed by atoms with Crippen LogP contribution in [0.1, 0.15) is 16.7 Å². The van der Waals surface area contributed by atoms with Gasteiger partial charge in [-0.2, -0.15) is 15.8 Å². The lowest BCUT2D eigenvalue weighted by molar-refractivity contribution is 1.06. The van der Waals surface area contributed by atoms with Gasteiger partial charge in [-0.05, 0) is 173 Å². The zero-order valence-corrected chi connectivity index (χ0v) is 77.7. The highest BCUT2D eigenvalue weighted by Gasteiger charge is 2.29. The van der Waals surface area contributed by atoms with Crippen molar-refractivity contribution < 1.29 is 0 Å². The molecule has 0 fully saturated rings. The van der Waals surface area contributed by atoms with Gasteiger partial charge in [0, 0.05) is 105 Å². The first-order valence-electron chi connectivity index (χ1n) is 47.5. The summed E-state index contributed by atoms with van der Waals surface area (Å²) in [7, 11) is 0. The first kappa shape index (κ1) is 86.6. The van der Waals surface area contributed by atoms with Gasteiger partial charge in [-0.3, -0.25) is 0 Å². The maximum absolute atomic E-state index is 10.7. The highest BCUT2D eigenvalue weighted by molar-refractivity contribution is 6.14. The maximum atomic E-state index is 10.7. The van der Waals surface area contributed by atoms with E-state index in [-0.39, 0.29) is 11.6 Å². The van der Waals surface area contributed by atoms with Crippen molar-refractivity contribution in [2.75, 3.05) is 0 Å². The van der Waals surface area contributed by atoms with Crippen LogP contribution in [0.3, 0.4) is 0 Å². The summed E-state index contributed by atoms with van der Waals surface area (Å²) in [5.41, 5.74) is 21.9. The van der Waals surface area contributed by atoms with Crippen LogP contribution in [-0.4, -0.2) is 83.9 Å². The van der Waals surface area contributed by atoms with E-state index in [1.807, 2.05) is 315 Å². The van der Waals surface area contributed by atoms with Gasteiger partial charge >= 0.3 is 0 Å². The number of benzene rings is 18. The second-order valence-electron chi connectivity index (χ2n) is 35.2. The van der Waals surface area contributed by atoms with Gasteiger partial charge in [-0.15, -0.1) is 0 Å². The van der Waals surface area contributed by atoms with Crippen LogP contribution in [0.2, 0.25) is 0 Å². The molecule has 0 N–H and O–H groups in total. The highest BCUT2D eigenvalue weighted by Crippen LogP contribution is 2.46. The van der Waals surface area contributed by atoms with Gasteiger partial charge in [0.25, 0.3) is 0 Å². The minimum Gasteiger partial charge on any atom is -0.308 e. The SMILES string of the molecule is N#Cc1cccc(-c2cccc(-c3nc(-c4ccc(-c5cccc(C#N)c5)cc4-n4c5ccc(-c6nc(-c7ccccc7)nc(-c7ccccc7)n6)cc5c5cc(-c6nc(-c7ccccc7)nc(-c7ccccc7)n6)ccc54)nc(-c4ccc(-c5cccc(C#N)c5)cc4-n4c5ccc(-c6nc(-c7ccccc7)nc(-c7ccccc7)n6)cc5c5cc(-c6nc(-c7ccccc7)nc(-c7ccccc7)n6)ccc54)n3)c2)c1. The van der Waals surface area contributed by atoms with Gasteiger partial charge in [-0.1, -0.05) is 309 Å². The van der Waals surface area contributed by atoms with Crippen molar-refractivity contribution in [2.24, 2.45) is 0 Å². The molecule has 20 heteroatoms. The van der Waals surface area contributed by atoms with E-state index in [0.29, 0.717) is 143 Å². The molecule has 0 amide bonds. The van der Waals surface area contributed by atoms with E-state index in [0.717, 1.165) is 122 Å². The van der Waals surface area contributed by atoms with Crippen molar-refractivity contribution in [3.05, 3.63) is 466 Å². The second kappa shape index (κ2) is 37.4.